The fourth-order valence-corrected chi connectivity index (χ4v) is 9.83. The van der Waals surface area contributed by atoms with Crippen molar-refractivity contribution >= 4 is 17.5 Å². The lowest BCUT2D eigenvalue weighted by atomic mass is 9.38. The Labute approximate surface area is 238 Å². The fourth-order valence-electron chi connectivity index (χ4n) is 9.83. The van der Waals surface area contributed by atoms with Crippen molar-refractivity contribution in [1.29, 1.82) is 0 Å². The van der Waals surface area contributed by atoms with Gasteiger partial charge in [0.05, 0.1) is 18.3 Å². The molecule has 4 N–H and O–H groups in total. The second-order valence-corrected chi connectivity index (χ2v) is 15.4. The monoisotopic (exact) mass is 562 g/mol. The molecule has 4 rings (SSSR count). The molecule has 0 heterocycles. The first-order valence-electron chi connectivity index (χ1n) is 14.8. The second kappa shape index (κ2) is 9.45. The van der Waals surface area contributed by atoms with E-state index in [1.54, 1.807) is 13.8 Å². The third kappa shape index (κ3) is 4.26. The summed E-state index contributed by atoms with van der Waals surface area (Å²) in [6.07, 6.45) is 0.776. The SMILES string of the molecule is CC(=O)OC(C)(C)CCC(=O)[C@](C)(O)[C@@H]1[C@H](O)C[C@@]2(C)[C@H]3CC=C4[C@@H](C[C@H](O)[C@@H](O)C4(C)C)[C@]3(C)C(=O)C[C@]12C. The van der Waals surface area contributed by atoms with Crippen LogP contribution in [0.2, 0.25) is 0 Å². The smallest absolute Gasteiger partial charge is 0.303 e. The second-order valence-electron chi connectivity index (χ2n) is 15.4. The zero-order valence-electron chi connectivity index (χ0n) is 25.7. The number of fused-ring (bicyclic) bond motifs is 5. The minimum atomic E-state index is -1.89. The molecule has 0 saturated heterocycles. The van der Waals surface area contributed by atoms with Crippen molar-refractivity contribution in [2.45, 2.75) is 130 Å². The molecule has 226 valence electrons. The Morgan fingerprint density at radius 1 is 1.02 bits per heavy atom. The number of aliphatic hydroxyl groups excluding tert-OH is 3. The van der Waals surface area contributed by atoms with Gasteiger partial charge in [0.15, 0.2) is 5.78 Å². The zero-order chi connectivity index (χ0) is 30.4. The van der Waals surface area contributed by atoms with Crippen LogP contribution in [0.1, 0.15) is 101 Å². The van der Waals surface area contributed by atoms with E-state index in [9.17, 15) is 34.8 Å². The van der Waals surface area contributed by atoms with Crippen LogP contribution in [-0.2, 0) is 19.1 Å². The molecule has 0 aliphatic heterocycles. The maximum absolute atomic E-state index is 14.3. The van der Waals surface area contributed by atoms with Crippen LogP contribution in [-0.4, -0.2) is 67.5 Å². The van der Waals surface area contributed by atoms with Crippen molar-refractivity contribution < 1.29 is 39.5 Å². The van der Waals surface area contributed by atoms with Gasteiger partial charge in [0.1, 0.15) is 17.0 Å². The van der Waals surface area contributed by atoms with E-state index in [0.717, 1.165) is 5.57 Å². The quantitative estimate of drug-likeness (QED) is 0.285. The lowest BCUT2D eigenvalue weighted by Crippen LogP contribution is -2.65. The van der Waals surface area contributed by atoms with Crippen LogP contribution in [0.25, 0.3) is 0 Å². The number of rotatable bonds is 6. The number of esters is 1. The minimum absolute atomic E-state index is 0.0193. The summed E-state index contributed by atoms with van der Waals surface area (Å²) in [6.45, 7) is 16.1. The van der Waals surface area contributed by atoms with E-state index in [1.165, 1.54) is 13.8 Å². The number of carbonyl (C=O) groups is 3. The van der Waals surface area contributed by atoms with Crippen molar-refractivity contribution in [1.82, 2.24) is 0 Å². The molecule has 10 atom stereocenters. The van der Waals surface area contributed by atoms with Crippen LogP contribution in [0.4, 0.5) is 0 Å². The number of hydrogen-bond donors (Lipinski definition) is 4. The minimum Gasteiger partial charge on any atom is -0.460 e. The van der Waals surface area contributed by atoms with Crippen LogP contribution in [0.3, 0.4) is 0 Å². The lowest BCUT2D eigenvalue weighted by Gasteiger charge is -2.65. The van der Waals surface area contributed by atoms with E-state index in [1.807, 2.05) is 27.7 Å². The van der Waals surface area contributed by atoms with Gasteiger partial charge < -0.3 is 25.2 Å². The number of ketones is 2. The van der Waals surface area contributed by atoms with Crippen molar-refractivity contribution in [3.8, 4) is 0 Å². The van der Waals surface area contributed by atoms with Gasteiger partial charge >= 0.3 is 5.97 Å². The van der Waals surface area contributed by atoms with Crippen LogP contribution in [0.5, 0.6) is 0 Å². The molecule has 0 spiro atoms. The van der Waals surface area contributed by atoms with E-state index in [2.05, 4.69) is 13.0 Å². The van der Waals surface area contributed by atoms with Crippen molar-refractivity contribution in [2.75, 3.05) is 0 Å². The first kappa shape index (κ1) is 31.3. The highest BCUT2D eigenvalue weighted by atomic mass is 16.6. The van der Waals surface area contributed by atoms with Gasteiger partial charge in [-0.3, -0.25) is 14.4 Å². The lowest BCUT2D eigenvalue weighted by molar-refractivity contribution is -0.188. The summed E-state index contributed by atoms with van der Waals surface area (Å²) in [5, 5.41) is 45.0. The van der Waals surface area contributed by atoms with Gasteiger partial charge in [-0.25, -0.2) is 0 Å². The summed E-state index contributed by atoms with van der Waals surface area (Å²) in [5.74, 6) is -2.15. The predicted molar refractivity (Wildman–Crippen MR) is 149 cm³/mol. The van der Waals surface area contributed by atoms with Crippen LogP contribution < -0.4 is 0 Å². The van der Waals surface area contributed by atoms with Gasteiger partial charge in [0, 0.05) is 36.5 Å². The Balaban J connectivity index is 1.70. The first-order valence-corrected chi connectivity index (χ1v) is 14.8. The molecule has 0 aromatic heterocycles. The van der Waals surface area contributed by atoms with Gasteiger partial charge in [-0.2, -0.15) is 0 Å². The van der Waals surface area contributed by atoms with Gasteiger partial charge in [-0.1, -0.05) is 46.3 Å². The van der Waals surface area contributed by atoms with Gasteiger partial charge in [0.25, 0.3) is 0 Å². The highest BCUT2D eigenvalue weighted by molar-refractivity contribution is 5.90. The Kier molecular flexibility index (Phi) is 7.40. The summed E-state index contributed by atoms with van der Waals surface area (Å²) >= 11 is 0. The summed E-state index contributed by atoms with van der Waals surface area (Å²) in [6, 6.07) is 0. The highest BCUT2D eigenvalue weighted by Crippen LogP contribution is 2.74. The Hall–Kier alpha value is -1.61. The van der Waals surface area contributed by atoms with E-state index in [4.69, 9.17) is 4.74 Å². The zero-order valence-corrected chi connectivity index (χ0v) is 25.7. The molecule has 0 aromatic carbocycles. The number of aliphatic hydroxyl groups is 4. The maximum atomic E-state index is 14.3. The van der Waals surface area contributed by atoms with Gasteiger partial charge in [-0.05, 0) is 69.1 Å². The fraction of sp³-hybridized carbons (Fsp3) is 0.844. The highest BCUT2D eigenvalue weighted by Gasteiger charge is 2.74. The molecule has 4 aliphatic rings. The Bertz CT molecular complexity index is 1120. The molecule has 8 heteroatoms. The third-order valence-electron chi connectivity index (χ3n) is 12.2. The molecule has 3 fully saturated rings. The maximum Gasteiger partial charge on any atom is 0.303 e. The summed E-state index contributed by atoms with van der Waals surface area (Å²) in [4.78, 5) is 39.4. The average Bonchev–Trinajstić information content (AvgIpc) is 3.01. The van der Waals surface area contributed by atoms with Crippen LogP contribution in [0.15, 0.2) is 11.6 Å². The molecule has 4 aliphatic carbocycles. The topological polar surface area (TPSA) is 141 Å². The molecule has 8 nitrogen and oxygen atoms in total. The molecular weight excluding hydrogens is 512 g/mol. The molecule has 0 aromatic rings. The van der Waals surface area contributed by atoms with Crippen molar-refractivity contribution in [3.63, 3.8) is 0 Å². The number of allylic oxidation sites excluding steroid dienone is 1. The van der Waals surface area contributed by atoms with E-state index in [-0.39, 0.29) is 36.9 Å². The van der Waals surface area contributed by atoms with Gasteiger partial charge in [-0.15, -0.1) is 0 Å². The Morgan fingerprint density at radius 2 is 1.62 bits per heavy atom. The summed E-state index contributed by atoms with van der Waals surface area (Å²) in [5.41, 5.74) is -4.68. The molecule has 3 saturated carbocycles. The third-order valence-corrected chi connectivity index (χ3v) is 12.2. The molecule has 0 radical (unpaired) electrons. The summed E-state index contributed by atoms with van der Waals surface area (Å²) < 4.78 is 5.32. The predicted octanol–water partition coefficient (Wildman–Crippen LogP) is 3.52. The Morgan fingerprint density at radius 3 is 2.20 bits per heavy atom. The van der Waals surface area contributed by atoms with Crippen molar-refractivity contribution in [2.24, 2.45) is 39.4 Å². The standard InChI is InChI=1S/C32H50O8/c1-17(33)40-27(2,3)13-12-23(36)32(9,39)25-21(35)15-29(6)22-11-10-18-19(14-20(34)26(38)28(18,4)5)31(22,8)24(37)16-30(25,29)7/h10,19-22,25-26,34-35,38-39H,11-16H2,1-9H3/t19-,20+,21-,22-,25-,26-,29+,30-,31+,32+/m1/s1. The number of Topliss-reactive ketones (excluding diaryl/α,β-unsaturated/α-hetero) is 2. The van der Waals surface area contributed by atoms with E-state index in [0.29, 0.717) is 19.3 Å². The number of ether oxygens (including phenoxy) is 1. The number of carbonyl (C=O) groups excluding carboxylic acids is 3. The number of hydrogen-bond acceptors (Lipinski definition) is 8. The molecule has 0 unspecified atom stereocenters. The van der Waals surface area contributed by atoms with E-state index < -0.39 is 68.8 Å². The largest absolute Gasteiger partial charge is 0.460 e. The molecular formula is C32H50O8. The molecule has 40 heavy (non-hydrogen) atoms. The van der Waals surface area contributed by atoms with Gasteiger partial charge in [0.2, 0.25) is 0 Å². The van der Waals surface area contributed by atoms with Crippen LogP contribution >= 0.6 is 0 Å². The molecule has 0 bridgehead atoms. The molecule has 0 amide bonds. The van der Waals surface area contributed by atoms with Crippen molar-refractivity contribution in [3.05, 3.63) is 11.6 Å². The normalized spacial score (nSPS) is 44.0. The first-order chi connectivity index (χ1) is 18.1. The summed E-state index contributed by atoms with van der Waals surface area (Å²) in [7, 11) is 0. The van der Waals surface area contributed by atoms with E-state index >= 15 is 0 Å². The van der Waals surface area contributed by atoms with Crippen LogP contribution in [0, 0.1) is 39.4 Å². The average molecular weight is 563 g/mol.